The number of hydrogen-bond donors (Lipinski definition) is 0. The highest BCUT2D eigenvalue weighted by atomic mass is 16.1. The first-order chi connectivity index (χ1) is 9.78. The molecule has 0 bridgehead atoms. The molecule has 1 atom stereocenters. The number of fused-ring (bicyclic) bond motifs is 1. The number of rotatable bonds is 3. The van der Waals surface area contributed by atoms with Crippen molar-refractivity contribution in [1.29, 1.82) is 0 Å². The predicted octanol–water partition coefficient (Wildman–Crippen LogP) is 3.73. The van der Waals surface area contributed by atoms with Gasteiger partial charge in [0, 0.05) is 12.4 Å². The molecular weight excluding hydrogens is 246 g/mol. The van der Waals surface area contributed by atoms with E-state index >= 15 is 0 Å². The summed E-state index contributed by atoms with van der Waals surface area (Å²) in [6, 6.07) is 17.4. The van der Waals surface area contributed by atoms with Crippen molar-refractivity contribution in [2.45, 2.75) is 6.04 Å². The minimum atomic E-state index is 0.0404. The molecule has 0 saturated carbocycles. The number of pyridine rings is 1. The van der Waals surface area contributed by atoms with E-state index in [1.807, 2.05) is 48.8 Å². The smallest absolute Gasteiger partial charge is 0.179 e. The second kappa shape index (κ2) is 5.17. The van der Waals surface area contributed by atoms with Crippen molar-refractivity contribution in [3.8, 4) is 11.1 Å². The third-order valence-electron chi connectivity index (χ3n) is 3.46. The monoisotopic (exact) mass is 261 g/mol. The van der Waals surface area contributed by atoms with E-state index in [0.717, 1.165) is 11.1 Å². The molecule has 1 unspecified atom stereocenters. The number of aromatic nitrogens is 1. The molecule has 1 aromatic rings. The van der Waals surface area contributed by atoms with E-state index in [1.165, 1.54) is 5.56 Å². The second-order valence-corrected chi connectivity index (χ2v) is 4.77. The summed E-state index contributed by atoms with van der Waals surface area (Å²) in [5.74, 6) is 0. The van der Waals surface area contributed by atoms with Gasteiger partial charge in [-0.2, -0.15) is 0 Å². The summed E-state index contributed by atoms with van der Waals surface area (Å²) in [5, 5.41) is 0. The van der Waals surface area contributed by atoms with Crippen LogP contribution in [0.1, 0.15) is 11.6 Å². The van der Waals surface area contributed by atoms with Gasteiger partial charge in [0.1, 0.15) is 0 Å². The van der Waals surface area contributed by atoms with Crippen LogP contribution in [0.15, 0.2) is 84.4 Å². The van der Waals surface area contributed by atoms with Gasteiger partial charge < -0.3 is 4.57 Å². The van der Waals surface area contributed by atoms with Crippen LogP contribution in [0.25, 0.3) is 11.1 Å². The summed E-state index contributed by atoms with van der Waals surface area (Å²) >= 11 is 0. The largest absolute Gasteiger partial charge is 0.343 e. The van der Waals surface area contributed by atoms with Crippen molar-refractivity contribution < 1.29 is 0 Å². The zero-order chi connectivity index (χ0) is 13.9. The molecule has 0 radical (unpaired) electrons. The second-order valence-electron chi connectivity index (χ2n) is 4.77. The molecule has 3 rings (SSSR count). The van der Waals surface area contributed by atoms with Gasteiger partial charge in [0.2, 0.25) is 0 Å². The zero-order valence-electron chi connectivity index (χ0n) is 11.1. The van der Waals surface area contributed by atoms with Crippen molar-refractivity contribution in [3.05, 3.63) is 95.4 Å². The first-order valence-electron chi connectivity index (χ1n) is 6.57. The van der Waals surface area contributed by atoms with Crippen LogP contribution in [-0.4, -0.2) is 4.57 Å². The number of hydrogen-bond acceptors (Lipinski definition) is 1. The molecule has 1 aromatic carbocycles. The minimum Gasteiger partial charge on any atom is -0.343 e. The summed E-state index contributed by atoms with van der Waals surface area (Å²) in [6.07, 6.45) is 5.96. The fraction of sp³-hybridized carbons (Fsp3) is 0.0556. The van der Waals surface area contributed by atoms with Gasteiger partial charge in [0.15, 0.2) is 5.43 Å². The quantitative estimate of drug-likeness (QED) is 0.658. The van der Waals surface area contributed by atoms with Crippen LogP contribution in [0.4, 0.5) is 0 Å². The summed E-state index contributed by atoms with van der Waals surface area (Å²) in [6.45, 7) is 3.94. The van der Waals surface area contributed by atoms with Crippen molar-refractivity contribution in [2.75, 3.05) is 0 Å². The Morgan fingerprint density at radius 3 is 2.55 bits per heavy atom. The summed E-state index contributed by atoms with van der Waals surface area (Å²) < 4.78 is 2.11. The van der Waals surface area contributed by atoms with E-state index in [0.29, 0.717) is 0 Å². The first-order valence-corrected chi connectivity index (χ1v) is 6.57. The molecule has 98 valence electrons. The van der Waals surface area contributed by atoms with Crippen molar-refractivity contribution >= 4 is 0 Å². The van der Waals surface area contributed by atoms with Gasteiger partial charge in [-0.15, -0.1) is 6.58 Å². The molecule has 2 aliphatic rings. The predicted molar refractivity (Wildman–Crippen MR) is 82.1 cm³/mol. The maximum absolute atomic E-state index is 11.4. The third kappa shape index (κ3) is 2.28. The van der Waals surface area contributed by atoms with Gasteiger partial charge in [-0.05, 0) is 41.0 Å². The van der Waals surface area contributed by atoms with Gasteiger partial charge in [-0.25, -0.2) is 0 Å². The lowest BCUT2D eigenvalue weighted by Crippen LogP contribution is -2.09. The van der Waals surface area contributed by atoms with Gasteiger partial charge in [-0.3, -0.25) is 4.79 Å². The van der Waals surface area contributed by atoms with E-state index < -0.39 is 0 Å². The van der Waals surface area contributed by atoms with Gasteiger partial charge >= 0.3 is 0 Å². The Balaban J connectivity index is 2.10. The van der Waals surface area contributed by atoms with E-state index in [4.69, 9.17) is 0 Å². The van der Waals surface area contributed by atoms with E-state index in [1.54, 1.807) is 12.1 Å². The average Bonchev–Trinajstić information content (AvgIpc) is 2.49. The lowest BCUT2D eigenvalue weighted by Gasteiger charge is -2.19. The number of allylic oxidation sites excluding steroid dienone is 1. The fourth-order valence-electron chi connectivity index (χ4n) is 2.44. The molecule has 0 N–H and O–H groups in total. The van der Waals surface area contributed by atoms with Gasteiger partial charge in [0.25, 0.3) is 0 Å². The van der Waals surface area contributed by atoms with Gasteiger partial charge in [0.05, 0.1) is 6.04 Å². The lowest BCUT2D eigenvalue weighted by atomic mass is 10.0. The molecule has 0 saturated heterocycles. The highest BCUT2D eigenvalue weighted by molar-refractivity contribution is 5.63. The highest BCUT2D eigenvalue weighted by Crippen LogP contribution is 2.24. The molecule has 0 fully saturated rings. The van der Waals surface area contributed by atoms with Crippen LogP contribution in [0.3, 0.4) is 0 Å². The molecule has 2 heteroatoms. The van der Waals surface area contributed by atoms with Crippen molar-refractivity contribution in [2.24, 2.45) is 0 Å². The topological polar surface area (TPSA) is 22.0 Å². The Hall–Kier alpha value is -2.61. The molecule has 20 heavy (non-hydrogen) atoms. The summed E-state index contributed by atoms with van der Waals surface area (Å²) in [7, 11) is 0. The fourth-order valence-corrected chi connectivity index (χ4v) is 2.44. The van der Waals surface area contributed by atoms with Crippen molar-refractivity contribution in [1.82, 2.24) is 4.57 Å². The maximum Gasteiger partial charge on any atom is 0.179 e. The van der Waals surface area contributed by atoms with E-state index in [9.17, 15) is 4.79 Å². The van der Waals surface area contributed by atoms with E-state index in [2.05, 4.69) is 23.3 Å². The molecule has 0 aromatic heterocycles. The Bertz CT molecular complexity index is 758. The van der Waals surface area contributed by atoms with Crippen LogP contribution in [-0.2, 0) is 0 Å². The molecular formula is C18H15NO. The highest BCUT2D eigenvalue weighted by Gasteiger charge is 2.10. The third-order valence-corrected chi connectivity index (χ3v) is 3.46. The standard InChI is InChI=1S/C18H15NO/c1-2-18(14-6-4-3-5-7-14)19-11-10-15-12-17(20)9-8-16(15)13-19/h2-13,18H,1H2. The average molecular weight is 261 g/mol. The summed E-state index contributed by atoms with van der Waals surface area (Å²) in [4.78, 5) is 11.4. The Kier molecular flexibility index (Phi) is 3.21. The molecule has 0 amide bonds. The first kappa shape index (κ1) is 12.4. The molecule has 1 heterocycles. The normalized spacial score (nSPS) is 12.2. The number of benzene rings is 2. The van der Waals surface area contributed by atoms with Crippen LogP contribution >= 0.6 is 0 Å². The minimum absolute atomic E-state index is 0.0404. The summed E-state index contributed by atoms with van der Waals surface area (Å²) in [5.41, 5.74) is 3.24. The van der Waals surface area contributed by atoms with E-state index in [-0.39, 0.29) is 11.5 Å². The SMILES string of the molecule is C=CC(c1ccccc1)n1ccc2cc(=O)ccc-2c1. The van der Waals surface area contributed by atoms with Crippen LogP contribution in [0, 0.1) is 0 Å². The molecule has 1 aliphatic heterocycles. The number of nitrogens with zero attached hydrogens (tertiary/aromatic N) is 1. The Morgan fingerprint density at radius 2 is 1.80 bits per heavy atom. The zero-order valence-corrected chi connectivity index (χ0v) is 11.1. The van der Waals surface area contributed by atoms with Crippen LogP contribution < -0.4 is 5.43 Å². The molecule has 1 aliphatic carbocycles. The lowest BCUT2D eigenvalue weighted by molar-refractivity contribution is 0.696. The van der Waals surface area contributed by atoms with Crippen molar-refractivity contribution in [3.63, 3.8) is 0 Å². The Labute approximate surface area is 118 Å². The van der Waals surface area contributed by atoms with Gasteiger partial charge in [-0.1, -0.05) is 36.4 Å². The molecule has 0 spiro atoms. The molecule has 2 nitrogen and oxygen atoms in total. The van der Waals surface area contributed by atoms with Crippen LogP contribution in [0.2, 0.25) is 0 Å². The maximum atomic E-state index is 11.4. The Morgan fingerprint density at radius 1 is 1.00 bits per heavy atom. The van der Waals surface area contributed by atoms with Crippen LogP contribution in [0.5, 0.6) is 0 Å².